The van der Waals surface area contributed by atoms with E-state index in [1.165, 1.54) is 50.5 Å². The minimum absolute atomic E-state index is 0.671. The van der Waals surface area contributed by atoms with Gasteiger partial charge in [-0.25, -0.2) is 0 Å². The van der Waals surface area contributed by atoms with Gasteiger partial charge in [-0.1, -0.05) is 19.4 Å². The van der Waals surface area contributed by atoms with Gasteiger partial charge in [-0.3, -0.25) is 0 Å². The molecule has 1 heteroatoms. The van der Waals surface area contributed by atoms with Crippen LogP contribution in [0.25, 0.3) is 0 Å². The third kappa shape index (κ3) is 2.19. The van der Waals surface area contributed by atoms with Gasteiger partial charge in [-0.15, -0.1) is 6.58 Å². The zero-order valence-corrected chi connectivity index (χ0v) is 14.2. The smallest absolute Gasteiger partial charge is 0.0920 e. The molecule has 4 rings (SSSR count). The van der Waals surface area contributed by atoms with E-state index in [9.17, 15) is 5.11 Å². The molecule has 0 aromatic carbocycles. The predicted octanol–water partition coefficient (Wildman–Crippen LogP) is 6.03. The van der Waals surface area contributed by atoms with Gasteiger partial charge in [0, 0.05) is 6.42 Å². The van der Waals surface area contributed by atoms with Crippen LogP contribution in [-0.4, -0.2) is 5.11 Å². The van der Waals surface area contributed by atoms with Crippen LogP contribution in [0.3, 0.4) is 0 Å². The lowest BCUT2D eigenvalue weighted by Gasteiger charge is -2.54. The van der Waals surface area contributed by atoms with Gasteiger partial charge in [0.05, 0.1) is 5.76 Å². The van der Waals surface area contributed by atoms with E-state index in [1.807, 2.05) is 6.08 Å². The molecule has 22 heavy (non-hydrogen) atoms. The Labute approximate surface area is 135 Å². The zero-order valence-electron chi connectivity index (χ0n) is 14.2. The summed E-state index contributed by atoms with van der Waals surface area (Å²) >= 11 is 0. The van der Waals surface area contributed by atoms with Crippen LogP contribution < -0.4 is 0 Å². The number of fused-ring (bicyclic) bond motifs is 5. The van der Waals surface area contributed by atoms with Gasteiger partial charge in [0.15, 0.2) is 0 Å². The molecule has 4 aliphatic carbocycles. The highest BCUT2D eigenvalue weighted by Gasteiger charge is 2.53. The average Bonchev–Trinajstić information content (AvgIpc) is 2.90. The number of rotatable bonds is 2. The summed E-state index contributed by atoms with van der Waals surface area (Å²) in [6.07, 6.45) is 15.2. The predicted molar refractivity (Wildman–Crippen MR) is 91.6 cm³/mol. The molecule has 122 valence electrons. The highest BCUT2D eigenvalue weighted by atomic mass is 16.3. The van der Waals surface area contributed by atoms with Crippen molar-refractivity contribution in [1.29, 1.82) is 0 Å². The van der Waals surface area contributed by atoms with Gasteiger partial charge < -0.3 is 5.11 Å². The number of hydrogen-bond acceptors (Lipinski definition) is 1. The Morgan fingerprint density at radius 1 is 1.09 bits per heavy atom. The normalized spacial score (nSPS) is 47.6. The summed E-state index contributed by atoms with van der Waals surface area (Å²) in [7, 11) is 0. The van der Waals surface area contributed by atoms with Crippen LogP contribution in [0.5, 0.6) is 0 Å². The molecular formula is C21H32O. The molecule has 0 aromatic rings. The second kappa shape index (κ2) is 5.42. The monoisotopic (exact) mass is 300 g/mol. The second-order valence-corrected chi connectivity index (χ2v) is 8.97. The summed E-state index contributed by atoms with van der Waals surface area (Å²) in [5, 5.41) is 10.4. The molecule has 4 aliphatic rings. The van der Waals surface area contributed by atoms with Crippen molar-refractivity contribution < 1.29 is 5.11 Å². The quantitative estimate of drug-likeness (QED) is 0.617. The summed E-state index contributed by atoms with van der Waals surface area (Å²) in [6, 6.07) is 0. The fourth-order valence-corrected chi connectivity index (χ4v) is 6.97. The first-order chi connectivity index (χ1) is 10.6. The van der Waals surface area contributed by atoms with E-state index in [0.717, 1.165) is 48.9 Å². The number of aliphatic hydroxyl groups is 1. The van der Waals surface area contributed by atoms with Crippen molar-refractivity contribution in [3.05, 3.63) is 24.0 Å². The Balaban J connectivity index is 1.58. The summed E-state index contributed by atoms with van der Waals surface area (Å²) in [5.74, 6) is 5.28. The van der Waals surface area contributed by atoms with Gasteiger partial charge >= 0.3 is 0 Å². The molecule has 0 amide bonds. The summed E-state index contributed by atoms with van der Waals surface area (Å²) < 4.78 is 0. The molecule has 0 spiro atoms. The minimum atomic E-state index is 0.671. The maximum atomic E-state index is 10.4. The van der Waals surface area contributed by atoms with Gasteiger partial charge in [0.2, 0.25) is 0 Å². The van der Waals surface area contributed by atoms with Crippen molar-refractivity contribution >= 4 is 0 Å². The van der Waals surface area contributed by atoms with E-state index in [-0.39, 0.29) is 0 Å². The van der Waals surface area contributed by atoms with Crippen molar-refractivity contribution in [2.45, 2.75) is 71.1 Å². The molecule has 3 saturated carbocycles. The Kier molecular flexibility index (Phi) is 3.66. The van der Waals surface area contributed by atoms with Crippen molar-refractivity contribution in [3.63, 3.8) is 0 Å². The molecule has 0 saturated heterocycles. The summed E-state index contributed by atoms with van der Waals surface area (Å²) in [5.41, 5.74) is 1.97. The van der Waals surface area contributed by atoms with E-state index < -0.39 is 0 Å². The lowest BCUT2D eigenvalue weighted by atomic mass is 9.51. The number of aliphatic hydroxyl groups excluding tert-OH is 1. The van der Waals surface area contributed by atoms with Gasteiger partial charge in [-0.2, -0.15) is 0 Å². The first-order valence-corrected chi connectivity index (χ1v) is 9.63. The SMILES string of the molecule is C=CCC1=C(O)C[C@H]2CC[C@@H]3[C@H](CC[C@]4(C)CCC[C@@H]34)[C@H]2C1. The van der Waals surface area contributed by atoms with Crippen LogP contribution in [-0.2, 0) is 0 Å². The Morgan fingerprint density at radius 2 is 1.95 bits per heavy atom. The highest BCUT2D eigenvalue weighted by Crippen LogP contribution is 2.62. The van der Waals surface area contributed by atoms with Crippen molar-refractivity contribution in [3.8, 4) is 0 Å². The maximum Gasteiger partial charge on any atom is 0.0920 e. The van der Waals surface area contributed by atoms with Crippen LogP contribution >= 0.6 is 0 Å². The molecule has 0 unspecified atom stereocenters. The standard InChI is InChI=1S/C21H32O/c1-3-5-15-12-18-14(13-20(15)22)7-8-17-16(18)9-11-21(2)10-4-6-19(17)21/h3,14,16-19,22H,1,4-13H2,2H3/t14-,16+,17-,18+,19+,21+/m1/s1. The van der Waals surface area contributed by atoms with Crippen LogP contribution in [0, 0.1) is 35.0 Å². The molecule has 0 aliphatic heterocycles. The Morgan fingerprint density at radius 3 is 2.77 bits per heavy atom. The Bertz CT molecular complexity index is 490. The second-order valence-electron chi connectivity index (χ2n) is 8.97. The summed E-state index contributed by atoms with van der Waals surface area (Å²) in [4.78, 5) is 0. The third-order valence-electron chi connectivity index (χ3n) is 8.04. The third-order valence-corrected chi connectivity index (χ3v) is 8.04. The first kappa shape index (κ1) is 14.8. The minimum Gasteiger partial charge on any atom is -0.512 e. The van der Waals surface area contributed by atoms with E-state index in [4.69, 9.17) is 0 Å². The van der Waals surface area contributed by atoms with E-state index in [0.29, 0.717) is 11.2 Å². The van der Waals surface area contributed by atoms with Crippen LogP contribution in [0.4, 0.5) is 0 Å². The molecule has 0 bridgehead atoms. The topological polar surface area (TPSA) is 20.2 Å². The Hall–Kier alpha value is -0.720. The van der Waals surface area contributed by atoms with Crippen LogP contribution in [0.15, 0.2) is 24.0 Å². The fraction of sp³-hybridized carbons (Fsp3) is 0.810. The fourth-order valence-electron chi connectivity index (χ4n) is 6.97. The van der Waals surface area contributed by atoms with E-state index in [2.05, 4.69) is 13.5 Å². The van der Waals surface area contributed by atoms with Crippen molar-refractivity contribution in [2.24, 2.45) is 35.0 Å². The summed E-state index contributed by atoms with van der Waals surface area (Å²) in [6.45, 7) is 6.47. The maximum absolute atomic E-state index is 10.4. The lowest BCUT2D eigenvalue weighted by Crippen LogP contribution is -2.46. The van der Waals surface area contributed by atoms with Gasteiger partial charge in [0.1, 0.15) is 0 Å². The molecule has 0 aromatic heterocycles. The first-order valence-electron chi connectivity index (χ1n) is 9.63. The molecule has 1 nitrogen and oxygen atoms in total. The van der Waals surface area contributed by atoms with Crippen LogP contribution in [0.2, 0.25) is 0 Å². The van der Waals surface area contributed by atoms with E-state index in [1.54, 1.807) is 0 Å². The van der Waals surface area contributed by atoms with E-state index >= 15 is 0 Å². The molecule has 0 heterocycles. The van der Waals surface area contributed by atoms with Crippen molar-refractivity contribution in [1.82, 2.24) is 0 Å². The molecular weight excluding hydrogens is 268 g/mol. The number of allylic oxidation sites excluding steroid dienone is 3. The van der Waals surface area contributed by atoms with Crippen LogP contribution in [0.1, 0.15) is 71.1 Å². The molecule has 6 atom stereocenters. The molecule has 1 N–H and O–H groups in total. The largest absolute Gasteiger partial charge is 0.512 e. The van der Waals surface area contributed by atoms with Gasteiger partial charge in [-0.05, 0) is 91.9 Å². The molecule has 0 radical (unpaired) electrons. The number of hydrogen-bond donors (Lipinski definition) is 1. The highest BCUT2D eigenvalue weighted by molar-refractivity contribution is 5.18. The molecule has 3 fully saturated rings. The van der Waals surface area contributed by atoms with Gasteiger partial charge in [0.25, 0.3) is 0 Å². The average molecular weight is 300 g/mol. The van der Waals surface area contributed by atoms with Crippen molar-refractivity contribution in [2.75, 3.05) is 0 Å². The zero-order chi connectivity index (χ0) is 15.3. The lowest BCUT2D eigenvalue weighted by molar-refractivity contribution is -0.0423.